The predicted molar refractivity (Wildman–Crippen MR) is 207 cm³/mol. The highest BCUT2D eigenvalue weighted by Crippen LogP contribution is 2.37. The van der Waals surface area contributed by atoms with Gasteiger partial charge in [0.2, 0.25) is 0 Å². The summed E-state index contributed by atoms with van der Waals surface area (Å²) in [6, 6.07) is 19.0. The van der Waals surface area contributed by atoms with Gasteiger partial charge in [0, 0.05) is 46.1 Å². The number of nitrogens with zero attached hydrogens (tertiary/aromatic N) is 1. The number of carboxylic acids is 1. The van der Waals surface area contributed by atoms with Crippen LogP contribution in [0.3, 0.4) is 0 Å². The van der Waals surface area contributed by atoms with E-state index in [9.17, 15) is 44.1 Å². The molecule has 0 spiro atoms. The number of rotatable bonds is 14. The molecule has 18 nitrogen and oxygen atoms in total. The lowest BCUT2D eigenvalue weighted by Gasteiger charge is -2.51. The van der Waals surface area contributed by atoms with Gasteiger partial charge in [-0.05, 0) is 29.3 Å². The maximum Gasteiger partial charge on any atom is 0.335 e. The summed E-state index contributed by atoms with van der Waals surface area (Å²) in [5.41, 5.74) is 13.8. The Balaban J connectivity index is 1.65. The van der Waals surface area contributed by atoms with E-state index in [1.807, 2.05) is 0 Å². The lowest BCUT2D eigenvalue weighted by atomic mass is 9.85. The second kappa shape index (κ2) is 19.1. The van der Waals surface area contributed by atoms with E-state index >= 15 is 0 Å². The van der Waals surface area contributed by atoms with Gasteiger partial charge in [-0.15, -0.1) is 0 Å². The Labute approximate surface area is 345 Å². The summed E-state index contributed by atoms with van der Waals surface area (Å²) in [6.07, 6.45) is -9.86. The standard InChI is InChI=1S/C42H49N3O15/c1-23(46)55-33-31(59-41(53,19-27-12-7-5-8-13-27)37(43)35(33)57-25(3)48)21-45(39(50)29-16-11-17-30(18-29)40(51)52)22-32-34(56-24(2)47)36(58-26(4)49)38(44)42(54,60-32)20-28-14-9-6-10-15-28/h5-18,31-38,53-54H,19-22,43-44H2,1-4H3,(H,51,52)/t31-,32-,33-,34-,35+,36+,37-,38-,41+,42+/m1/s1. The lowest BCUT2D eigenvalue weighted by molar-refractivity contribution is -0.319. The first kappa shape index (κ1) is 45.3. The maximum atomic E-state index is 14.7. The van der Waals surface area contributed by atoms with Crippen molar-refractivity contribution in [3.05, 3.63) is 107 Å². The highest BCUT2D eigenvalue weighted by atomic mass is 16.7. The number of nitrogens with two attached hydrogens (primary N) is 2. The van der Waals surface area contributed by atoms with Gasteiger partial charge in [0.1, 0.15) is 24.3 Å². The Hall–Kier alpha value is -5.76. The van der Waals surface area contributed by atoms with Crippen LogP contribution in [0.15, 0.2) is 84.9 Å². The highest BCUT2D eigenvalue weighted by molar-refractivity contribution is 5.97. The van der Waals surface area contributed by atoms with Crippen molar-refractivity contribution in [1.82, 2.24) is 4.90 Å². The molecule has 5 rings (SSSR count). The van der Waals surface area contributed by atoms with Gasteiger partial charge in [0.05, 0.1) is 18.7 Å². The Kier molecular flexibility index (Phi) is 14.4. The molecule has 0 aromatic heterocycles. The van der Waals surface area contributed by atoms with E-state index < -0.39 is 109 Å². The quantitative estimate of drug-likeness (QED) is 0.111. The monoisotopic (exact) mass is 835 g/mol. The Morgan fingerprint density at radius 1 is 0.583 bits per heavy atom. The summed E-state index contributed by atoms with van der Waals surface area (Å²) >= 11 is 0. The van der Waals surface area contributed by atoms with Crippen LogP contribution in [0, 0.1) is 0 Å². The first-order chi connectivity index (χ1) is 28.3. The van der Waals surface area contributed by atoms with E-state index in [1.54, 1.807) is 60.7 Å². The van der Waals surface area contributed by atoms with Crippen LogP contribution in [-0.2, 0) is 60.4 Å². The summed E-state index contributed by atoms with van der Waals surface area (Å²) in [5.74, 6) is -10.3. The van der Waals surface area contributed by atoms with Crippen molar-refractivity contribution in [2.24, 2.45) is 11.5 Å². The molecule has 10 atom stereocenters. The minimum atomic E-state index is -2.33. The molecule has 0 saturated carbocycles. The fraction of sp³-hybridized carbons (Fsp3) is 0.429. The van der Waals surface area contributed by atoms with Crippen LogP contribution in [0.1, 0.15) is 59.5 Å². The molecule has 7 N–H and O–H groups in total. The molecule has 0 aliphatic carbocycles. The smallest absolute Gasteiger partial charge is 0.335 e. The number of benzene rings is 3. The lowest BCUT2D eigenvalue weighted by Crippen LogP contribution is -2.72. The third kappa shape index (κ3) is 10.9. The molecule has 60 heavy (non-hydrogen) atoms. The molecular formula is C42H49N3O15. The van der Waals surface area contributed by atoms with Crippen LogP contribution >= 0.6 is 0 Å². The second-order valence-corrected chi connectivity index (χ2v) is 14.8. The largest absolute Gasteiger partial charge is 0.478 e. The van der Waals surface area contributed by atoms with Crippen LogP contribution in [0.2, 0.25) is 0 Å². The minimum absolute atomic E-state index is 0.171. The zero-order chi connectivity index (χ0) is 43.9. The number of hydrogen-bond acceptors (Lipinski definition) is 16. The fourth-order valence-electron chi connectivity index (χ4n) is 7.51. The van der Waals surface area contributed by atoms with Gasteiger partial charge in [-0.3, -0.25) is 24.0 Å². The Morgan fingerprint density at radius 2 is 0.950 bits per heavy atom. The third-order valence-corrected chi connectivity index (χ3v) is 10.1. The number of carbonyl (C=O) groups excluding carboxylic acids is 5. The molecule has 3 aromatic carbocycles. The molecule has 2 aliphatic rings. The topological polar surface area (TPSA) is 274 Å². The van der Waals surface area contributed by atoms with Gasteiger partial charge in [0.15, 0.2) is 36.0 Å². The zero-order valence-electron chi connectivity index (χ0n) is 33.4. The van der Waals surface area contributed by atoms with E-state index in [1.165, 1.54) is 18.2 Å². The average molecular weight is 836 g/mol. The predicted octanol–water partition coefficient (Wildman–Crippen LogP) is 0.869. The zero-order valence-corrected chi connectivity index (χ0v) is 33.4. The third-order valence-electron chi connectivity index (χ3n) is 10.1. The molecule has 0 bridgehead atoms. The van der Waals surface area contributed by atoms with Gasteiger partial charge in [0.25, 0.3) is 5.91 Å². The number of aromatic carboxylic acids is 1. The molecule has 0 radical (unpaired) electrons. The van der Waals surface area contributed by atoms with Crippen molar-refractivity contribution in [3.63, 3.8) is 0 Å². The number of hydrogen-bond donors (Lipinski definition) is 5. The second-order valence-electron chi connectivity index (χ2n) is 14.8. The van der Waals surface area contributed by atoms with Gasteiger partial charge in [-0.2, -0.15) is 0 Å². The molecule has 2 aliphatic heterocycles. The number of carboxylic acid groups (broad SMARTS) is 1. The number of carbonyl (C=O) groups is 6. The van der Waals surface area contributed by atoms with E-state index in [2.05, 4.69) is 0 Å². The van der Waals surface area contributed by atoms with Crippen LogP contribution in [0.4, 0.5) is 0 Å². The van der Waals surface area contributed by atoms with Crippen LogP contribution < -0.4 is 11.5 Å². The molecule has 18 heteroatoms. The molecule has 0 unspecified atom stereocenters. The molecule has 322 valence electrons. The molecule has 3 aromatic rings. The van der Waals surface area contributed by atoms with Gasteiger partial charge < -0.3 is 60.1 Å². The van der Waals surface area contributed by atoms with Crippen molar-refractivity contribution < 1.29 is 72.5 Å². The van der Waals surface area contributed by atoms with Gasteiger partial charge in [-0.1, -0.05) is 66.7 Å². The van der Waals surface area contributed by atoms with E-state index in [0.29, 0.717) is 11.1 Å². The summed E-state index contributed by atoms with van der Waals surface area (Å²) < 4.78 is 35.0. The van der Waals surface area contributed by atoms with Crippen molar-refractivity contribution in [1.29, 1.82) is 0 Å². The number of esters is 4. The van der Waals surface area contributed by atoms with Crippen molar-refractivity contribution >= 4 is 35.8 Å². The summed E-state index contributed by atoms with van der Waals surface area (Å²) in [6.45, 7) is 3.04. The van der Waals surface area contributed by atoms with Crippen LogP contribution in [-0.4, -0.2) is 129 Å². The first-order valence-electron chi connectivity index (χ1n) is 19.0. The van der Waals surface area contributed by atoms with Crippen molar-refractivity contribution in [3.8, 4) is 0 Å². The van der Waals surface area contributed by atoms with Gasteiger partial charge >= 0.3 is 29.8 Å². The molecule has 2 heterocycles. The number of aliphatic hydroxyl groups is 2. The fourth-order valence-corrected chi connectivity index (χ4v) is 7.51. The summed E-state index contributed by atoms with van der Waals surface area (Å²) in [4.78, 5) is 78.0. The normalized spacial score (nSPS) is 28.7. The van der Waals surface area contributed by atoms with E-state index in [-0.39, 0.29) is 24.0 Å². The summed E-state index contributed by atoms with van der Waals surface area (Å²) in [7, 11) is 0. The van der Waals surface area contributed by atoms with Crippen LogP contribution in [0.25, 0.3) is 0 Å². The number of amides is 1. The molecular weight excluding hydrogens is 786 g/mol. The minimum Gasteiger partial charge on any atom is -0.478 e. The van der Waals surface area contributed by atoms with Crippen molar-refractivity contribution in [2.75, 3.05) is 13.1 Å². The first-order valence-corrected chi connectivity index (χ1v) is 19.0. The Morgan fingerprint density at radius 3 is 1.32 bits per heavy atom. The van der Waals surface area contributed by atoms with E-state index in [4.69, 9.17) is 39.9 Å². The molecule has 2 saturated heterocycles. The van der Waals surface area contributed by atoms with Gasteiger partial charge in [-0.25, -0.2) is 4.79 Å². The highest BCUT2D eigenvalue weighted by Gasteiger charge is 2.58. The summed E-state index contributed by atoms with van der Waals surface area (Å²) in [5, 5.41) is 34.1. The van der Waals surface area contributed by atoms with Crippen molar-refractivity contribution in [2.45, 2.75) is 101 Å². The molecule has 1 amide bonds. The van der Waals surface area contributed by atoms with E-state index in [0.717, 1.165) is 38.7 Å². The number of ether oxygens (including phenoxy) is 6. The maximum absolute atomic E-state index is 14.7. The molecule has 2 fully saturated rings. The average Bonchev–Trinajstić information content (AvgIpc) is 3.18. The SMILES string of the molecule is CC(=O)O[C@H]1[C@H](OC(C)=O)[C@@H](CN(C[C@H]2O[C@@](O)(Cc3ccccc3)[C@H](N)[C@@H](OC(C)=O)[C@@H]2OC(C)=O)C(=O)c2cccc(C(=O)O)c2)O[C@@](O)(Cc2ccccc2)[C@@H]1N. The van der Waals surface area contributed by atoms with Crippen LogP contribution in [0.5, 0.6) is 0 Å². The Bertz CT molecular complexity index is 1930.